The Labute approximate surface area is 181 Å². The summed E-state index contributed by atoms with van der Waals surface area (Å²) in [6, 6.07) is 21.0. The number of amides is 1. The molecule has 3 aromatic rings. The van der Waals surface area contributed by atoms with Crippen LogP contribution in [0.3, 0.4) is 0 Å². The van der Waals surface area contributed by atoms with Crippen molar-refractivity contribution in [1.29, 1.82) is 0 Å². The number of nitrogens with zero attached hydrogens (tertiary/aromatic N) is 1. The molecule has 1 heterocycles. The van der Waals surface area contributed by atoms with E-state index in [2.05, 4.69) is 0 Å². The number of carbonyl (C=O) groups is 2. The molecular weight excluding hydrogens is 390 g/mol. The highest BCUT2D eigenvalue weighted by atomic mass is 16.5. The zero-order chi connectivity index (χ0) is 22.1. The number of methoxy groups -OCH3 is 1. The van der Waals surface area contributed by atoms with Gasteiger partial charge in [0.25, 0.3) is 11.7 Å². The summed E-state index contributed by atoms with van der Waals surface area (Å²) in [5.41, 5.74) is 3.75. The molecule has 156 valence electrons. The van der Waals surface area contributed by atoms with Crippen LogP contribution in [0.2, 0.25) is 0 Å². The van der Waals surface area contributed by atoms with Gasteiger partial charge < -0.3 is 9.84 Å². The maximum atomic E-state index is 13.2. The van der Waals surface area contributed by atoms with Gasteiger partial charge in [-0.25, -0.2) is 0 Å². The van der Waals surface area contributed by atoms with E-state index >= 15 is 0 Å². The van der Waals surface area contributed by atoms with E-state index in [4.69, 9.17) is 4.74 Å². The Morgan fingerprint density at radius 3 is 2.26 bits per heavy atom. The lowest BCUT2D eigenvalue weighted by molar-refractivity contribution is -0.132. The quantitative estimate of drug-likeness (QED) is 0.374. The maximum absolute atomic E-state index is 13.2. The summed E-state index contributed by atoms with van der Waals surface area (Å²) in [6.07, 6.45) is 0. The van der Waals surface area contributed by atoms with Crippen molar-refractivity contribution < 1.29 is 19.4 Å². The molecule has 5 nitrogen and oxygen atoms in total. The molecule has 0 aliphatic carbocycles. The molecule has 1 unspecified atom stereocenters. The first kappa shape index (κ1) is 20.4. The van der Waals surface area contributed by atoms with Crippen LogP contribution < -0.4 is 9.64 Å². The highest BCUT2D eigenvalue weighted by Crippen LogP contribution is 2.43. The van der Waals surface area contributed by atoms with E-state index in [-0.39, 0.29) is 11.3 Å². The van der Waals surface area contributed by atoms with Gasteiger partial charge in [-0.15, -0.1) is 0 Å². The molecule has 1 atom stereocenters. The van der Waals surface area contributed by atoms with E-state index in [0.29, 0.717) is 22.6 Å². The third kappa shape index (κ3) is 3.59. The molecule has 4 rings (SSSR count). The molecule has 0 radical (unpaired) electrons. The summed E-state index contributed by atoms with van der Waals surface area (Å²) in [4.78, 5) is 27.9. The van der Waals surface area contributed by atoms with Gasteiger partial charge in [0.15, 0.2) is 0 Å². The minimum absolute atomic E-state index is 0.0715. The Bertz CT molecular complexity index is 1180. The molecule has 0 bridgehead atoms. The zero-order valence-corrected chi connectivity index (χ0v) is 17.6. The molecule has 31 heavy (non-hydrogen) atoms. The molecule has 3 aromatic carbocycles. The fourth-order valence-corrected chi connectivity index (χ4v) is 3.91. The van der Waals surface area contributed by atoms with Crippen molar-refractivity contribution in [2.45, 2.75) is 19.9 Å². The van der Waals surface area contributed by atoms with Crippen LogP contribution in [-0.2, 0) is 9.59 Å². The smallest absolute Gasteiger partial charge is 0.300 e. The Morgan fingerprint density at radius 1 is 0.935 bits per heavy atom. The standard InChI is InChI=1S/C26H23NO4/c1-16-9-10-17(2)21(15-16)27-23(18-11-13-20(31-3)14-12-18)22(25(29)26(27)30)24(28)19-7-5-4-6-8-19/h4-15,23,28H,1-3H3/b24-22+. The van der Waals surface area contributed by atoms with Crippen LogP contribution in [0.25, 0.3) is 5.76 Å². The molecule has 0 spiro atoms. The number of benzene rings is 3. The second-order valence-corrected chi connectivity index (χ2v) is 7.60. The third-order valence-electron chi connectivity index (χ3n) is 5.55. The molecule has 5 heteroatoms. The van der Waals surface area contributed by atoms with Crippen molar-refractivity contribution in [1.82, 2.24) is 0 Å². The fourth-order valence-electron chi connectivity index (χ4n) is 3.91. The predicted octanol–water partition coefficient (Wildman–Crippen LogP) is 4.94. The number of aryl methyl sites for hydroxylation is 2. The highest BCUT2D eigenvalue weighted by Gasteiger charge is 2.47. The first-order chi connectivity index (χ1) is 14.9. The molecule has 1 fully saturated rings. The van der Waals surface area contributed by atoms with Crippen molar-refractivity contribution in [2.24, 2.45) is 0 Å². The number of ketones is 1. The van der Waals surface area contributed by atoms with E-state index in [0.717, 1.165) is 11.1 Å². The minimum atomic E-state index is -0.758. The van der Waals surface area contributed by atoms with Crippen LogP contribution in [0.1, 0.15) is 28.3 Å². The lowest BCUT2D eigenvalue weighted by atomic mass is 9.94. The van der Waals surface area contributed by atoms with Crippen molar-refractivity contribution in [2.75, 3.05) is 12.0 Å². The number of anilines is 1. The van der Waals surface area contributed by atoms with Gasteiger partial charge in [0, 0.05) is 11.3 Å². The number of ether oxygens (including phenoxy) is 1. The zero-order valence-electron chi connectivity index (χ0n) is 17.6. The Kier molecular flexibility index (Phi) is 5.34. The van der Waals surface area contributed by atoms with E-state index in [9.17, 15) is 14.7 Å². The number of Topliss-reactive ketones (excluding diaryl/α,β-unsaturated/α-hetero) is 1. The number of hydrogen-bond acceptors (Lipinski definition) is 4. The molecule has 0 saturated carbocycles. The third-order valence-corrected chi connectivity index (χ3v) is 5.55. The topological polar surface area (TPSA) is 66.8 Å². The van der Waals surface area contributed by atoms with Gasteiger partial charge in [-0.1, -0.05) is 54.6 Å². The summed E-state index contributed by atoms with van der Waals surface area (Å²) in [5, 5.41) is 11.1. The molecule has 0 aromatic heterocycles. The number of aliphatic hydroxyl groups excluding tert-OH is 1. The van der Waals surface area contributed by atoms with Gasteiger partial charge in [0.2, 0.25) is 0 Å². The van der Waals surface area contributed by atoms with Gasteiger partial charge in [-0.2, -0.15) is 0 Å². The molecule has 1 aliphatic rings. The first-order valence-electron chi connectivity index (χ1n) is 10.00. The van der Waals surface area contributed by atoms with Crippen molar-refractivity contribution in [3.63, 3.8) is 0 Å². The van der Waals surface area contributed by atoms with Gasteiger partial charge in [-0.05, 0) is 48.7 Å². The minimum Gasteiger partial charge on any atom is -0.507 e. The number of hydrogen-bond donors (Lipinski definition) is 1. The second kappa shape index (κ2) is 8.11. The lowest BCUT2D eigenvalue weighted by Crippen LogP contribution is -2.30. The Balaban J connectivity index is 1.97. The summed E-state index contributed by atoms with van der Waals surface area (Å²) < 4.78 is 5.26. The van der Waals surface area contributed by atoms with E-state index in [1.54, 1.807) is 43.5 Å². The summed E-state index contributed by atoms with van der Waals surface area (Å²) in [6.45, 7) is 3.84. The normalized spacial score (nSPS) is 17.8. The fraction of sp³-hybridized carbons (Fsp3) is 0.154. The molecular formula is C26H23NO4. The summed E-state index contributed by atoms with van der Waals surface area (Å²) in [7, 11) is 1.58. The average molecular weight is 413 g/mol. The van der Waals surface area contributed by atoms with E-state index in [1.165, 1.54) is 4.90 Å². The number of aliphatic hydroxyl groups is 1. The van der Waals surface area contributed by atoms with Crippen LogP contribution >= 0.6 is 0 Å². The van der Waals surface area contributed by atoms with Crippen molar-refractivity contribution in [3.05, 3.63) is 101 Å². The van der Waals surface area contributed by atoms with Gasteiger partial charge in [-0.3, -0.25) is 14.5 Å². The van der Waals surface area contributed by atoms with Crippen LogP contribution in [0, 0.1) is 13.8 Å². The summed E-state index contributed by atoms with van der Waals surface area (Å²) >= 11 is 0. The lowest BCUT2D eigenvalue weighted by Gasteiger charge is -2.27. The van der Waals surface area contributed by atoms with Gasteiger partial charge in [0.1, 0.15) is 11.5 Å². The second-order valence-electron chi connectivity index (χ2n) is 7.60. The maximum Gasteiger partial charge on any atom is 0.300 e. The first-order valence-corrected chi connectivity index (χ1v) is 10.00. The highest BCUT2D eigenvalue weighted by molar-refractivity contribution is 6.51. The monoisotopic (exact) mass is 413 g/mol. The van der Waals surface area contributed by atoms with E-state index < -0.39 is 17.7 Å². The Hall–Kier alpha value is -3.86. The largest absolute Gasteiger partial charge is 0.507 e. The molecule has 1 aliphatic heterocycles. The van der Waals surface area contributed by atoms with Crippen LogP contribution in [0.5, 0.6) is 5.75 Å². The van der Waals surface area contributed by atoms with Crippen LogP contribution in [0.15, 0.2) is 78.4 Å². The summed E-state index contributed by atoms with van der Waals surface area (Å²) in [5.74, 6) is -0.891. The Morgan fingerprint density at radius 2 is 1.61 bits per heavy atom. The van der Waals surface area contributed by atoms with Gasteiger partial charge in [0.05, 0.1) is 18.7 Å². The SMILES string of the molecule is COc1ccc(C2/C(=C(\O)c3ccccc3)C(=O)C(=O)N2c2cc(C)ccc2C)cc1. The van der Waals surface area contributed by atoms with Crippen LogP contribution in [0.4, 0.5) is 5.69 Å². The van der Waals surface area contributed by atoms with Gasteiger partial charge >= 0.3 is 0 Å². The molecule has 1 saturated heterocycles. The van der Waals surface area contributed by atoms with Crippen LogP contribution in [-0.4, -0.2) is 23.9 Å². The predicted molar refractivity (Wildman–Crippen MR) is 120 cm³/mol. The van der Waals surface area contributed by atoms with E-state index in [1.807, 2.05) is 50.2 Å². The number of rotatable bonds is 4. The molecule has 1 N–H and O–H groups in total. The van der Waals surface area contributed by atoms with Crippen molar-refractivity contribution >= 4 is 23.1 Å². The average Bonchev–Trinajstić information content (AvgIpc) is 3.06. The number of carbonyl (C=O) groups excluding carboxylic acids is 2. The molecule has 1 amide bonds. The van der Waals surface area contributed by atoms with Crippen molar-refractivity contribution in [3.8, 4) is 5.75 Å².